The minimum Gasteiger partial charge on any atom is -0.474 e. The normalized spacial score (nSPS) is 15.4. The summed E-state index contributed by atoms with van der Waals surface area (Å²) >= 11 is 0. The van der Waals surface area contributed by atoms with Gasteiger partial charge in [-0.1, -0.05) is 13.0 Å². The first-order valence-corrected chi connectivity index (χ1v) is 13.4. The summed E-state index contributed by atoms with van der Waals surface area (Å²) in [4.78, 5) is 13.5. The molecule has 2 aromatic heterocycles. The molecule has 0 saturated heterocycles. The van der Waals surface area contributed by atoms with Gasteiger partial charge >= 0.3 is 0 Å². The second-order valence-corrected chi connectivity index (χ2v) is 11.4. The number of nitrogens with zero attached hydrogens (tertiary/aromatic N) is 5. The Morgan fingerprint density at radius 1 is 1.17 bits per heavy atom. The molecule has 5 rings (SSSR count). The standard InChI is InChI=1S/C25H25FN6O2S/c1-15-14-34-25-23(27)29-12-22(30-25)21-11-18(31-35(2,3)33)6-4-16(21)13-32-9-8-28-24(32)19-7-5-17(26)10-20(15)19/h4-12,15H,13-14H2,1-3H3,(H2,27,29)/t15-/m0/s1. The summed E-state index contributed by atoms with van der Waals surface area (Å²) in [7, 11) is -2.36. The number of imidazole rings is 1. The lowest BCUT2D eigenvalue weighted by molar-refractivity contribution is 0.286. The Morgan fingerprint density at radius 2 is 2.00 bits per heavy atom. The minimum atomic E-state index is -2.36. The van der Waals surface area contributed by atoms with Crippen LogP contribution in [0, 0.1) is 5.82 Å². The lowest BCUT2D eigenvalue weighted by Gasteiger charge is -2.18. The number of benzene rings is 2. The van der Waals surface area contributed by atoms with Crippen LogP contribution >= 0.6 is 0 Å². The molecule has 8 nitrogen and oxygen atoms in total. The molecule has 0 radical (unpaired) electrons. The molecule has 1 aliphatic rings. The highest BCUT2D eigenvalue weighted by atomic mass is 32.2. The molecule has 0 spiro atoms. The van der Waals surface area contributed by atoms with Crippen LogP contribution in [0.2, 0.25) is 0 Å². The van der Waals surface area contributed by atoms with Crippen molar-refractivity contribution in [2.24, 2.45) is 4.36 Å². The highest BCUT2D eigenvalue weighted by Crippen LogP contribution is 2.34. The molecule has 180 valence electrons. The monoisotopic (exact) mass is 492 g/mol. The fourth-order valence-electron chi connectivity index (χ4n) is 4.17. The number of rotatable bonds is 1. The molecular weight excluding hydrogens is 467 g/mol. The number of halogens is 1. The maximum Gasteiger partial charge on any atom is 0.257 e. The fourth-order valence-corrected chi connectivity index (χ4v) is 4.79. The molecule has 0 saturated carbocycles. The van der Waals surface area contributed by atoms with Gasteiger partial charge in [-0.3, -0.25) is 0 Å². The van der Waals surface area contributed by atoms with Crippen molar-refractivity contribution in [3.05, 3.63) is 71.9 Å². The van der Waals surface area contributed by atoms with Crippen LogP contribution in [0.1, 0.15) is 24.0 Å². The van der Waals surface area contributed by atoms with Gasteiger partial charge in [-0.15, -0.1) is 0 Å². The number of hydrogen-bond acceptors (Lipinski definition) is 7. The Hall–Kier alpha value is -3.79. The number of ether oxygens (including phenoxy) is 1. The first-order chi connectivity index (χ1) is 16.7. The highest BCUT2D eigenvalue weighted by Gasteiger charge is 2.21. The van der Waals surface area contributed by atoms with Crippen LogP contribution in [0.25, 0.3) is 22.6 Å². The number of aromatic nitrogens is 4. The zero-order valence-electron chi connectivity index (χ0n) is 19.6. The van der Waals surface area contributed by atoms with Crippen LogP contribution in [0.5, 0.6) is 5.88 Å². The quantitative estimate of drug-likeness (QED) is 0.415. The molecule has 1 aliphatic heterocycles. The summed E-state index contributed by atoms with van der Waals surface area (Å²) in [6.45, 7) is 2.63. The molecule has 0 unspecified atom stereocenters. The second-order valence-electron chi connectivity index (χ2n) is 8.88. The molecular formula is C25H25FN6O2S. The van der Waals surface area contributed by atoms with Crippen LogP contribution in [-0.4, -0.2) is 42.8 Å². The Balaban J connectivity index is 1.75. The third-order valence-electron chi connectivity index (χ3n) is 5.77. The largest absolute Gasteiger partial charge is 0.474 e. The van der Waals surface area contributed by atoms with Gasteiger partial charge < -0.3 is 15.0 Å². The molecule has 0 fully saturated rings. The predicted molar refractivity (Wildman–Crippen MR) is 135 cm³/mol. The van der Waals surface area contributed by atoms with Crippen LogP contribution in [0.15, 0.2) is 59.4 Å². The van der Waals surface area contributed by atoms with Gasteiger partial charge in [-0.2, -0.15) is 4.36 Å². The number of anilines is 1. The third kappa shape index (κ3) is 4.74. The molecule has 0 aliphatic carbocycles. The van der Waals surface area contributed by atoms with Crippen molar-refractivity contribution in [1.29, 1.82) is 0 Å². The number of hydrogen-bond donors (Lipinski definition) is 1. The van der Waals surface area contributed by atoms with Crippen molar-refractivity contribution in [1.82, 2.24) is 19.5 Å². The van der Waals surface area contributed by atoms with E-state index in [1.54, 1.807) is 31.0 Å². The van der Waals surface area contributed by atoms with Gasteiger partial charge in [0.15, 0.2) is 5.82 Å². The summed E-state index contributed by atoms with van der Waals surface area (Å²) in [5.41, 5.74) is 10.5. The van der Waals surface area contributed by atoms with E-state index < -0.39 is 9.73 Å². The fraction of sp³-hybridized carbons (Fsp3) is 0.240. The molecule has 10 heteroatoms. The van der Waals surface area contributed by atoms with Gasteiger partial charge in [0.05, 0.1) is 24.2 Å². The van der Waals surface area contributed by atoms with Crippen LogP contribution in [-0.2, 0) is 16.3 Å². The molecule has 3 heterocycles. The van der Waals surface area contributed by atoms with Gasteiger partial charge in [0.2, 0.25) is 0 Å². The summed E-state index contributed by atoms with van der Waals surface area (Å²) in [6.07, 6.45) is 8.37. The van der Waals surface area contributed by atoms with Crippen molar-refractivity contribution >= 4 is 21.2 Å². The molecule has 0 amide bonds. The van der Waals surface area contributed by atoms with E-state index >= 15 is 0 Å². The predicted octanol–water partition coefficient (Wildman–Crippen LogP) is 4.63. The summed E-state index contributed by atoms with van der Waals surface area (Å²) < 4.78 is 38.9. The Kier molecular flexibility index (Phi) is 5.76. The van der Waals surface area contributed by atoms with Gasteiger partial charge in [-0.05, 0) is 41.5 Å². The average molecular weight is 493 g/mol. The molecule has 4 aromatic rings. The SMILES string of the molecule is C[C@H]1COc2nc(cnc2N)-c2cc(N=S(C)(C)=O)ccc2Cn2ccnc2-c2ccc(F)cc21. The number of fused-ring (bicyclic) bond motifs is 7. The minimum absolute atomic E-state index is 0.163. The zero-order chi connectivity index (χ0) is 24.7. The topological polar surface area (TPSA) is 108 Å². The van der Waals surface area contributed by atoms with Crippen LogP contribution in [0.3, 0.4) is 0 Å². The van der Waals surface area contributed by atoms with Crippen LogP contribution in [0.4, 0.5) is 15.9 Å². The second kappa shape index (κ2) is 8.77. The van der Waals surface area contributed by atoms with Gasteiger partial charge in [0.25, 0.3) is 5.88 Å². The smallest absolute Gasteiger partial charge is 0.257 e. The third-order valence-corrected chi connectivity index (χ3v) is 6.42. The molecule has 1 atom stereocenters. The first kappa shape index (κ1) is 23.0. The molecule has 35 heavy (non-hydrogen) atoms. The van der Waals surface area contributed by atoms with E-state index in [9.17, 15) is 8.60 Å². The maximum absolute atomic E-state index is 14.2. The summed E-state index contributed by atoms with van der Waals surface area (Å²) in [5, 5.41) is 0. The van der Waals surface area contributed by atoms with Crippen molar-refractivity contribution in [2.45, 2.75) is 19.4 Å². The lowest BCUT2D eigenvalue weighted by atomic mass is 9.95. The zero-order valence-corrected chi connectivity index (χ0v) is 20.4. The molecule has 2 aromatic carbocycles. The Bertz CT molecular complexity index is 1550. The van der Waals surface area contributed by atoms with Gasteiger partial charge in [-0.25, -0.2) is 23.6 Å². The van der Waals surface area contributed by atoms with E-state index in [1.807, 2.05) is 35.9 Å². The van der Waals surface area contributed by atoms with Crippen molar-refractivity contribution in [3.8, 4) is 28.5 Å². The highest BCUT2D eigenvalue weighted by molar-refractivity contribution is 7.92. The van der Waals surface area contributed by atoms with Gasteiger partial charge in [0, 0.05) is 58.2 Å². The summed E-state index contributed by atoms with van der Waals surface area (Å²) in [6, 6.07) is 10.3. The van der Waals surface area contributed by atoms with E-state index in [2.05, 4.69) is 19.3 Å². The summed E-state index contributed by atoms with van der Waals surface area (Å²) in [5.74, 6) is 0.576. The van der Waals surface area contributed by atoms with E-state index in [-0.39, 0.29) is 30.0 Å². The molecule has 2 bridgehead atoms. The lowest BCUT2D eigenvalue weighted by Crippen LogP contribution is -2.12. The van der Waals surface area contributed by atoms with E-state index in [0.717, 1.165) is 22.3 Å². The average Bonchev–Trinajstić information content (AvgIpc) is 3.26. The Morgan fingerprint density at radius 3 is 2.80 bits per heavy atom. The van der Waals surface area contributed by atoms with Crippen molar-refractivity contribution in [2.75, 3.05) is 24.9 Å². The van der Waals surface area contributed by atoms with Crippen molar-refractivity contribution < 1.29 is 13.3 Å². The Labute approximate surface area is 203 Å². The maximum atomic E-state index is 14.2. The molecule has 2 N–H and O–H groups in total. The van der Waals surface area contributed by atoms with E-state index in [1.165, 1.54) is 12.1 Å². The van der Waals surface area contributed by atoms with E-state index in [4.69, 9.17) is 10.5 Å². The number of nitrogens with two attached hydrogens (primary N) is 1. The first-order valence-electron chi connectivity index (χ1n) is 11.0. The van der Waals surface area contributed by atoms with E-state index in [0.29, 0.717) is 23.8 Å². The van der Waals surface area contributed by atoms with Crippen molar-refractivity contribution in [3.63, 3.8) is 0 Å². The number of nitrogen functional groups attached to an aromatic ring is 1. The van der Waals surface area contributed by atoms with Gasteiger partial charge in [0.1, 0.15) is 11.6 Å². The van der Waals surface area contributed by atoms with Crippen LogP contribution < -0.4 is 10.5 Å².